The number of para-hydroxylation sites is 1. The highest BCUT2D eigenvalue weighted by molar-refractivity contribution is 5.36. The van der Waals surface area contributed by atoms with Crippen molar-refractivity contribution in [1.82, 2.24) is 0 Å². The molecule has 0 saturated carbocycles. The molecule has 1 rings (SSSR count). The van der Waals surface area contributed by atoms with Gasteiger partial charge in [0, 0.05) is 0 Å². The Kier molecular flexibility index (Phi) is 4.40. The number of hydrogen-bond acceptors (Lipinski definition) is 2. The molecule has 1 aromatic carbocycles. The zero-order chi connectivity index (χ0) is 13.1. The van der Waals surface area contributed by atoms with Gasteiger partial charge in [-0.1, -0.05) is 32.0 Å². The van der Waals surface area contributed by atoms with Crippen LogP contribution >= 0.6 is 0 Å². The molecular weight excluding hydrogens is 231 g/mol. The summed E-state index contributed by atoms with van der Waals surface area (Å²) in [6.45, 7) is 4.16. The number of hydrogen-bond donors (Lipinski definition) is 1. The van der Waals surface area contributed by atoms with Crippen molar-refractivity contribution in [1.29, 1.82) is 0 Å². The summed E-state index contributed by atoms with van der Waals surface area (Å²) >= 11 is 0. The van der Waals surface area contributed by atoms with Crippen molar-refractivity contribution in [3.8, 4) is 5.75 Å². The predicted octanol–water partition coefficient (Wildman–Crippen LogP) is 3.28. The first-order chi connectivity index (χ1) is 7.85. The summed E-state index contributed by atoms with van der Waals surface area (Å²) < 4.78 is 40.7. The number of ether oxygens (including phenoxy) is 1. The first-order valence-corrected chi connectivity index (χ1v) is 5.40. The summed E-state index contributed by atoms with van der Waals surface area (Å²) in [5.74, 6) is -0.140. The Bertz CT molecular complexity index is 365. The van der Waals surface area contributed by atoms with Crippen molar-refractivity contribution in [3.05, 3.63) is 29.8 Å². The second kappa shape index (κ2) is 5.40. The molecule has 0 saturated heterocycles. The number of rotatable bonds is 4. The smallest absolute Gasteiger partial charge is 0.405 e. The van der Waals surface area contributed by atoms with E-state index in [1.54, 1.807) is 12.1 Å². The van der Waals surface area contributed by atoms with E-state index < -0.39 is 6.36 Å². The van der Waals surface area contributed by atoms with Gasteiger partial charge in [0.15, 0.2) is 0 Å². The van der Waals surface area contributed by atoms with Gasteiger partial charge in [-0.05, 0) is 30.0 Å². The second-order valence-corrected chi connectivity index (χ2v) is 4.09. The zero-order valence-corrected chi connectivity index (χ0v) is 9.79. The monoisotopic (exact) mass is 247 g/mol. The fourth-order valence-electron chi connectivity index (χ4n) is 1.58. The van der Waals surface area contributed by atoms with E-state index in [-0.39, 0.29) is 17.6 Å². The maximum absolute atomic E-state index is 12.2. The quantitative estimate of drug-likeness (QED) is 0.886. The summed E-state index contributed by atoms with van der Waals surface area (Å²) in [5, 5.41) is 0. The Hall–Kier alpha value is -1.23. The predicted molar refractivity (Wildman–Crippen MR) is 59.8 cm³/mol. The van der Waals surface area contributed by atoms with Gasteiger partial charge < -0.3 is 10.5 Å². The van der Waals surface area contributed by atoms with Gasteiger partial charge >= 0.3 is 6.36 Å². The molecule has 2 unspecified atom stereocenters. The van der Waals surface area contributed by atoms with Crippen LogP contribution in [0.3, 0.4) is 0 Å². The lowest BCUT2D eigenvalue weighted by molar-refractivity contribution is -0.275. The van der Waals surface area contributed by atoms with Crippen LogP contribution in [-0.4, -0.2) is 12.9 Å². The van der Waals surface area contributed by atoms with Crippen LogP contribution in [0.25, 0.3) is 0 Å². The molecule has 5 heteroatoms. The van der Waals surface area contributed by atoms with Gasteiger partial charge in [0.05, 0.1) is 0 Å². The van der Waals surface area contributed by atoms with E-state index >= 15 is 0 Å². The van der Waals surface area contributed by atoms with E-state index in [1.165, 1.54) is 12.1 Å². The molecule has 17 heavy (non-hydrogen) atoms. The summed E-state index contributed by atoms with van der Waals surface area (Å²) in [6, 6.07) is 6.17. The first kappa shape index (κ1) is 13.8. The fourth-order valence-corrected chi connectivity index (χ4v) is 1.58. The van der Waals surface area contributed by atoms with Gasteiger partial charge in [0.2, 0.25) is 0 Å². The van der Waals surface area contributed by atoms with Crippen LogP contribution in [0.5, 0.6) is 5.75 Å². The van der Waals surface area contributed by atoms with Gasteiger partial charge in [-0.15, -0.1) is 13.2 Å². The van der Waals surface area contributed by atoms with Gasteiger partial charge in [0.1, 0.15) is 5.75 Å². The molecular formula is C12H16F3NO. The molecule has 1 aromatic rings. The molecule has 96 valence electrons. The normalized spacial score (nSPS) is 15.4. The summed E-state index contributed by atoms with van der Waals surface area (Å²) in [6.07, 6.45) is -4.66. The molecule has 0 radical (unpaired) electrons. The maximum atomic E-state index is 12.2. The topological polar surface area (TPSA) is 35.2 Å². The van der Waals surface area contributed by atoms with Crippen LogP contribution in [0.4, 0.5) is 13.2 Å². The summed E-state index contributed by atoms with van der Waals surface area (Å²) in [7, 11) is 0. The molecule has 2 N–H and O–H groups in total. The second-order valence-electron chi connectivity index (χ2n) is 4.09. The van der Waals surface area contributed by atoms with Gasteiger partial charge in [-0.2, -0.15) is 0 Å². The molecule has 0 aliphatic heterocycles. The molecule has 2 nitrogen and oxygen atoms in total. The van der Waals surface area contributed by atoms with E-state index in [4.69, 9.17) is 5.73 Å². The standard InChI is InChI=1S/C12H16F3NO/c1-8(7-16)9(2)10-5-3-4-6-11(10)17-12(13,14)15/h3-6,8-9H,7,16H2,1-2H3. The number of benzene rings is 1. The lowest BCUT2D eigenvalue weighted by Gasteiger charge is -2.22. The molecule has 0 aliphatic rings. The molecule has 0 bridgehead atoms. The van der Waals surface area contributed by atoms with Crippen LogP contribution in [0.2, 0.25) is 0 Å². The third-order valence-electron chi connectivity index (χ3n) is 2.86. The van der Waals surface area contributed by atoms with E-state index in [2.05, 4.69) is 4.74 Å². The average Bonchev–Trinajstić information content (AvgIpc) is 2.25. The SMILES string of the molecule is CC(CN)C(C)c1ccccc1OC(F)(F)F. The summed E-state index contributed by atoms with van der Waals surface area (Å²) in [5.41, 5.74) is 6.05. The maximum Gasteiger partial charge on any atom is 0.573 e. The van der Waals surface area contributed by atoms with Crippen LogP contribution in [0, 0.1) is 5.92 Å². The highest BCUT2D eigenvalue weighted by Crippen LogP contribution is 2.34. The van der Waals surface area contributed by atoms with Crippen molar-refractivity contribution < 1.29 is 17.9 Å². The molecule has 0 aliphatic carbocycles. The average molecular weight is 247 g/mol. The van der Waals surface area contributed by atoms with Gasteiger partial charge in [0.25, 0.3) is 0 Å². The zero-order valence-electron chi connectivity index (χ0n) is 9.79. The highest BCUT2D eigenvalue weighted by Gasteiger charge is 2.32. The van der Waals surface area contributed by atoms with E-state index in [0.717, 1.165) is 0 Å². The lowest BCUT2D eigenvalue weighted by Crippen LogP contribution is -2.21. The Morgan fingerprint density at radius 1 is 1.24 bits per heavy atom. The van der Waals surface area contributed by atoms with Crippen molar-refractivity contribution in [2.75, 3.05) is 6.54 Å². The minimum absolute atomic E-state index is 0.0847. The third-order valence-corrected chi connectivity index (χ3v) is 2.86. The van der Waals surface area contributed by atoms with Crippen molar-refractivity contribution in [2.45, 2.75) is 26.1 Å². The summed E-state index contributed by atoms with van der Waals surface area (Å²) in [4.78, 5) is 0. The van der Waals surface area contributed by atoms with Crippen molar-refractivity contribution in [3.63, 3.8) is 0 Å². The number of nitrogens with two attached hydrogens (primary N) is 1. The lowest BCUT2D eigenvalue weighted by atomic mass is 9.88. The molecule has 0 fully saturated rings. The van der Waals surface area contributed by atoms with E-state index in [1.807, 2.05) is 13.8 Å². The molecule has 0 amide bonds. The van der Waals surface area contributed by atoms with Crippen LogP contribution in [0.15, 0.2) is 24.3 Å². The Morgan fingerprint density at radius 2 is 1.82 bits per heavy atom. The number of halogens is 3. The Labute approximate surface area is 98.6 Å². The minimum Gasteiger partial charge on any atom is -0.405 e. The third kappa shape index (κ3) is 3.93. The van der Waals surface area contributed by atoms with Crippen LogP contribution in [-0.2, 0) is 0 Å². The van der Waals surface area contributed by atoms with Crippen molar-refractivity contribution >= 4 is 0 Å². The van der Waals surface area contributed by atoms with E-state index in [9.17, 15) is 13.2 Å². The Morgan fingerprint density at radius 3 is 2.35 bits per heavy atom. The minimum atomic E-state index is -4.66. The van der Waals surface area contributed by atoms with E-state index in [0.29, 0.717) is 12.1 Å². The van der Waals surface area contributed by atoms with Crippen LogP contribution in [0.1, 0.15) is 25.3 Å². The molecule has 0 heterocycles. The molecule has 0 aromatic heterocycles. The number of alkyl halides is 3. The fraction of sp³-hybridized carbons (Fsp3) is 0.500. The Balaban J connectivity index is 2.99. The van der Waals surface area contributed by atoms with Crippen LogP contribution < -0.4 is 10.5 Å². The van der Waals surface area contributed by atoms with Gasteiger partial charge in [-0.25, -0.2) is 0 Å². The molecule has 0 spiro atoms. The molecule has 2 atom stereocenters. The van der Waals surface area contributed by atoms with Crippen molar-refractivity contribution in [2.24, 2.45) is 11.7 Å². The first-order valence-electron chi connectivity index (χ1n) is 5.40. The van der Waals surface area contributed by atoms with Gasteiger partial charge in [-0.3, -0.25) is 0 Å². The largest absolute Gasteiger partial charge is 0.573 e. The highest BCUT2D eigenvalue weighted by atomic mass is 19.4.